The number of benzene rings is 2. The number of ketones is 1. The van der Waals surface area contributed by atoms with E-state index < -0.39 is 23.1 Å². The highest BCUT2D eigenvalue weighted by molar-refractivity contribution is 6.30. The van der Waals surface area contributed by atoms with Crippen LogP contribution in [0.5, 0.6) is 5.75 Å². The van der Waals surface area contributed by atoms with E-state index >= 15 is 0 Å². The Morgan fingerprint density at radius 3 is 2.21 bits per heavy atom. The van der Waals surface area contributed by atoms with Crippen LogP contribution in [0.2, 0.25) is 0 Å². The summed E-state index contributed by atoms with van der Waals surface area (Å²) in [5, 5.41) is 9.71. The molecule has 7 nitrogen and oxygen atoms in total. The number of carbonyl (C=O) groups is 1. The van der Waals surface area contributed by atoms with Gasteiger partial charge in [-0.15, -0.1) is 0 Å². The normalized spacial score (nSPS) is 19.4. The number of aliphatic imine (C=N–C) groups is 1. The van der Waals surface area contributed by atoms with Crippen molar-refractivity contribution in [3.63, 3.8) is 0 Å². The molecule has 0 radical (unpaired) electrons. The zero-order valence-corrected chi connectivity index (χ0v) is 15.8. The van der Waals surface area contributed by atoms with E-state index in [0.717, 1.165) is 10.1 Å². The van der Waals surface area contributed by atoms with Crippen molar-refractivity contribution in [3.8, 4) is 5.75 Å². The zero-order valence-electron chi connectivity index (χ0n) is 15.8. The molecule has 1 aliphatic carbocycles. The molecule has 0 unspecified atom stereocenters. The van der Waals surface area contributed by atoms with E-state index in [1.807, 2.05) is 12.1 Å². The maximum absolute atomic E-state index is 13.3. The van der Waals surface area contributed by atoms with Crippen LogP contribution in [0.15, 0.2) is 63.1 Å². The molecule has 5 rings (SSSR count). The first kappa shape index (κ1) is 17.4. The average Bonchev–Trinajstić information content (AvgIpc) is 3.02. The number of rotatable bonds is 1. The van der Waals surface area contributed by atoms with Gasteiger partial charge in [0.2, 0.25) is 0 Å². The molecule has 2 atom stereocenters. The first-order valence-electron chi connectivity index (χ1n) is 9.21. The number of hydrogen-bond acceptors (Lipinski definition) is 5. The molecule has 2 heterocycles. The third-order valence-corrected chi connectivity index (χ3v) is 5.84. The molecule has 1 aliphatic heterocycles. The minimum absolute atomic E-state index is 0.0908. The molecule has 1 aromatic heterocycles. The highest BCUT2D eigenvalue weighted by Crippen LogP contribution is 2.46. The first-order chi connectivity index (χ1) is 13.9. The summed E-state index contributed by atoms with van der Waals surface area (Å²) in [4.78, 5) is 43.6. The second-order valence-electron chi connectivity index (χ2n) is 7.40. The third-order valence-electron chi connectivity index (χ3n) is 5.84. The maximum atomic E-state index is 13.3. The molecule has 7 heteroatoms. The van der Waals surface area contributed by atoms with Crippen LogP contribution >= 0.6 is 0 Å². The number of fused-ring (bicyclic) bond motifs is 4. The fraction of sp³-hybridized carbons (Fsp3) is 0.182. The van der Waals surface area contributed by atoms with Gasteiger partial charge >= 0.3 is 5.69 Å². The summed E-state index contributed by atoms with van der Waals surface area (Å²) in [6.07, 6.45) is 0. The van der Waals surface area contributed by atoms with E-state index in [0.29, 0.717) is 22.4 Å². The summed E-state index contributed by atoms with van der Waals surface area (Å²) in [5.41, 5.74) is 1.94. The van der Waals surface area contributed by atoms with Gasteiger partial charge in [0, 0.05) is 31.1 Å². The Balaban J connectivity index is 1.90. The Kier molecular flexibility index (Phi) is 3.52. The molecule has 144 valence electrons. The van der Waals surface area contributed by atoms with Gasteiger partial charge in [-0.2, -0.15) is 0 Å². The Hall–Kier alpha value is -3.74. The van der Waals surface area contributed by atoms with Crippen LogP contribution in [0.25, 0.3) is 0 Å². The van der Waals surface area contributed by atoms with Crippen LogP contribution in [0.3, 0.4) is 0 Å². The number of nitrogens with zero attached hydrogens (tertiary/aromatic N) is 3. The van der Waals surface area contributed by atoms with Crippen molar-refractivity contribution in [2.75, 3.05) is 0 Å². The molecule has 0 amide bonds. The van der Waals surface area contributed by atoms with Gasteiger partial charge in [-0.3, -0.25) is 18.7 Å². The van der Waals surface area contributed by atoms with Crippen molar-refractivity contribution in [1.82, 2.24) is 9.13 Å². The lowest BCUT2D eigenvalue weighted by atomic mass is 9.76. The van der Waals surface area contributed by atoms with Crippen molar-refractivity contribution >= 4 is 17.3 Å². The summed E-state index contributed by atoms with van der Waals surface area (Å²) in [7, 11) is 2.99. The van der Waals surface area contributed by atoms with Crippen LogP contribution in [-0.2, 0) is 14.1 Å². The monoisotopic (exact) mass is 387 g/mol. The van der Waals surface area contributed by atoms with Crippen molar-refractivity contribution in [3.05, 3.63) is 91.6 Å². The fourth-order valence-electron chi connectivity index (χ4n) is 4.41. The molecule has 0 saturated carbocycles. The number of hydrogen-bond donors (Lipinski definition) is 1. The molecule has 0 saturated heterocycles. The van der Waals surface area contributed by atoms with Crippen LogP contribution in [0.4, 0.5) is 5.82 Å². The predicted molar refractivity (Wildman–Crippen MR) is 107 cm³/mol. The molecule has 1 N–H and O–H groups in total. The van der Waals surface area contributed by atoms with E-state index in [1.54, 1.807) is 31.3 Å². The SMILES string of the molecule is Cn1c2c(c(=O)n(C)c1=O)[C@H](c1ccc(O)cc1)[C@@H]1C(=O)c3ccccc3C1=N2. The van der Waals surface area contributed by atoms with Gasteiger partial charge < -0.3 is 5.11 Å². The molecule has 3 aromatic rings. The van der Waals surface area contributed by atoms with Gasteiger partial charge in [0.25, 0.3) is 5.56 Å². The lowest BCUT2D eigenvalue weighted by molar-refractivity contribution is 0.0953. The Labute approximate surface area is 165 Å². The first-order valence-corrected chi connectivity index (χ1v) is 9.21. The van der Waals surface area contributed by atoms with Crippen LogP contribution in [-0.4, -0.2) is 25.7 Å². The van der Waals surface area contributed by atoms with E-state index in [9.17, 15) is 19.5 Å². The number of phenols is 1. The van der Waals surface area contributed by atoms with Gasteiger partial charge in [-0.25, -0.2) is 9.79 Å². The van der Waals surface area contributed by atoms with Crippen molar-refractivity contribution in [2.45, 2.75) is 5.92 Å². The number of aromatic hydroxyl groups is 1. The van der Waals surface area contributed by atoms with Gasteiger partial charge in [0.05, 0.1) is 17.2 Å². The van der Waals surface area contributed by atoms with Crippen LogP contribution in [0, 0.1) is 5.92 Å². The highest BCUT2D eigenvalue weighted by Gasteiger charge is 2.47. The second kappa shape index (κ2) is 5.88. The molecule has 0 bridgehead atoms. The molecule has 2 aliphatic rings. The molecule has 0 fully saturated rings. The highest BCUT2D eigenvalue weighted by atomic mass is 16.3. The number of aromatic nitrogens is 2. The number of phenolic OH excluding ortho intramolecular Hbond substituents is 1. The van der Waals surface area contributed by atoms with Crippen molar-refractivity contribution in [1.29, 1.82) is 0 Å². The van der Waals surface area contributed by atoms with Crippen LogP contribution in [0.1, 0.15) is 33.0 Å². The predicted octanol–water partition coefficient (Wildman–Crippen LogP) is 1.87. The smallest absolute Gasteiger partial charge is 0.332 e. The average molecular weight is 387 g/mol. The summed E-state index contributed by atoms with van der Waals surface area (Å²) >= 11 is 0. The summed E-state index contributed by atoms with van der Waals surface area (Å²) < 4.78 is 2.39. The maximum Gasteiger partial charge on any atom is 0.332 e. The lowest BCUT2D eigenvalue weighted by Crippen LogP contribution is -2.43. The summed E-state index contributed by atoms with van der Waals surface area (Å²) in [6.45, 7) is 0. The lowest BCUT2D eigenvalue weighted by Gasteiger charge is -2.29. The topological polar surface area (TPSA) is 93.7 Å². The zero-order chi connectivity index (χ0) is 20.4. The van der Waals surface area contributed by atoms with E-state index in [4.69, 9.17) is 0 Å². The standard InChI is InChI=1S/C22H17N3O4/c1-24-20-17(21(28)25(2)22(24)29)15(11-7-9-12(26)10-8-11)16-18(23-20)13-5-3-4-6-14(13)19(16)27/h3-10,15-16,26H,1-2H3/t15-,16+/m1/s1. The largest absolute Gasteiger partial charge is 0.508 e. The van der Waals surface area contributed by atoms with E-state index in [2.05, 4.69) is 4.99 Å². The van der Waals surface area contributed by atoms with Gasteiger partial charge in [-0.05, 0) is 17.7 Å². The van der Waals surface area contributed by atoms with Crippen LogP contribution < -0.4 is 11.2 Å². The fourth-order valence-corrected chi connectivity index (χ4v) is 4.41. The van der Waals surface area contributed by atoms with E-state index in [-0.39, 0.29) is 17.4 Å². The van der Waals surface area contributed by atoms with Gasteiger partial charge in [0.1, 0.15) is 11.6 Å². The minimum atomic E-state index is -0.658. The minimum Gasteiger partial charge on any atom is -0.508 e. The molecular weight excluding hydrogens is 370 g/mol. The molecule has 0 spiro atoms. The Bertz CT molecular complexity index is 1350. The number of carbonyl (C=O) groups excluding carboxylic acids is 1. The molecule has 29 heavy (non-hydrogen) atoms. The van der Waals surface area contributed by atoms with Gasteiger partial charge in [0.15, 0.2) is 5.78 Å². The number of Topliss-reactive ketones (excluding diaryl/α,β-unsaturated/α-hetero) is 1. The quantitative estimate of drug-likeness (QED) is 0.690. The van der Waals surface area contributed by atoms with Crippen molar-refractivity contribution in [2.24, 2.45) is 25.0 Å². The van der Waals surface area contributed by atoms with Gasteiger partial charge in [-0.1, -0.05) is 36.4 Å². The molecule has 2 aromatic carbocycles. The van der Waals surface area contributed by atoms with E-state index in [1.165, 1.54) is 23.7 Å². The third kappa shape index (κ3) is 2.24. The molecular formula is C22H17N3O4. The Morgan fingerprint density at radius 2 is 1.52 bits per heavy atom. The summed E-state index contributed by atoms with van der Waals surface area (Å²) in [6, 6.07) is 13.7. The van der Waals surface area contributed by atoms with Crippen molar-refractivity contribution < 1.29 is 9.90 Å². The second-order valence-corrected chi connectivity index (χ2v) is 7.40. The Morgan fingerprint density at radius 1 is 0.862 bits per heavy atom. The summed E-state index contributed by atoms with van der Waals surface area (Å²) in [5.74, 6) is -1.00.